The first-order valence-corrected chi connectivity index (χ1v) is 6.24. The van der Waals surface area contributed by atoms with Crippen LogP contribution in [-0.2, 0) is 4.79 Å². The van der Waals surface area contributed by atoms with Gasteiger partial charge in [-0.2, -0.15) is 0 Å². The maximum atomic E-state index is 11.7. The van der Waals surface area contributed by atoms with Gasteiger partial charge >= 0.3 is 0 Å². The SMILES string of the molecule is CC[C@H](N)C(=O)N(C)CCOc1ccc(C)cc1.Cl. The standard InChI is InChI=1S/C14H22N2O2.ClH/c1-4-13(15)14(17)16(3)9-10-18-12-7-5-11(2)6-8-12;/h5-8,13H,4,9-10,15H2,1-3H3;1H/t13-;/m0./s1. The average molecular weight is 287 g/mol. The van der Waals surface area contributed by atoms with Gasteiger partial charge in [-0.1, -0.05) is 24.6 Å². The van der Waals surface area contributed by atoms with Gasteiger partial charge in [-0.15, -0.1) is 12.4 Å². The molecule has 19 heavy (non-hydrogen) atoms. The van der Waals surface area contributed by atoms with E-state index in [0.29, 0.717) is 19.6 Å². The van der Waals surface area contributed by atoms with Crippen LogP contribution in [0.2, 0.25) is 0 Å². The summed E-state index contributed by atoms with van der Waals surface area (Å²) in [6.45, 7) is 4.95. The van der Waals surface area contributed by atoms with Crippen LogP contribution in [0.3, 0.4) is 0 Å². The number of ether oxygens (including phenoxy) is 1. The van der Waals surface area contributed by atoms with Crippen molar-refractivity contribution in [1.82, 2.24) is 4.90 Å². The van der Waals surface area contributed by atoms with Crippen LogP contribution in [-0.4, -0.2) is 37.0 Å². The highest BCUT2D eigenvalue weighted by molar-refractivity contribution is 5.85. The van der Waals surface area contributed by atoms with Gasteiger partial charge in [0.05, 0.1) is 12.6 Å². The Bertz CT molecular complexity index is 382. The highest BCUT2D eigenvalue weighted by Gasteiger charge is 2.15. The first-order valence-electron chi connectivity index (χ1n) is 6.24. The minimum Gasteiger partial charge on any atom is -0.492 e. The third-order valence-electron chi connectivity index (χ3n) is 2.85. The maximum Gasteiger partial charge on any atom is 0.239 e. The number of likely N-dealkylation sites (N-methyl/N-ethyl adjacent to an activating group) is 1. The van der Waals surface area contributed by atoms with Crippen LogP contribution >= 0.6 is 12.4 Å². The topological polar surface area (TPSA) is 55.6 Å². The molecule has 0 saturated heterocycles. The molecule has 0 fully saturated rings. The minimum atomic E-state index is -0.408. The monoisotopic (exact) mass is 286 g/mol. The van der Waals surface area contributed by atoms with Crippen molar-refractivity contribution in [2.45, 2.75) is 26.3 Å². The van der Waals surface area contributed by atoms with E-state index >= 15 is 0 Å². The molecule has 1 atom stereocenters. The zero-order valence-electron chi connectivity index (χ0n) is 11.8. The number of hydrogen-bond donors (Lipinski definition) is 1. The summed E-state index contributed by atoms with van der Waals surface area (Å²) in [5.41, 5.74) is 6.88. The van der Waals surface area contributed by atoms with E-state index in [1.807, 2.05) is 38.1 Å². The lowest BCUT2D eigenvalue weighted by molar-refractivity contribution is -0.131. The quantitative estimate of drug-likeness (QED) is 0.870. The Hall–Kier alpha value is -1.26. The van der Waals surface area contributed by atoms with Crippen molar-refractivity contribution in [1.29, 1.82) is 0 Å². The van der Waals surface area contributed by atoms with Gasteiger partial charge in [0.15, 0.2) is 0 Å². The van der Waals surface area contributed by atoms with Crippen LogP contribution < -0.4 is 10.5 Å². The second-order valence-corrected chi connectivity index (χ2v) is 4.44. The summed E-state index contributed by atoms with van der Waals surface area (Å²) in [5.74, 6) is 0.784. The zero-order chi connectivity index (χ0) is 13.5. The number of nitrogens with zero attached hydrogens (tertiary/aromatic N) is 1. The molecule has 0 unspecified atom stereocenters. The Morgan fingerprint density at radius 3 is 2.47 bits per heavy atom. The number of hydrogen-bond acceptors (Lipinski definition) is 3. The predicted octanol–water partition coefficient (Wildman–Crippen LogP) is 1.99. The molecular formula is C14H23ClN2O2. The molecule has 0 aliphatic carbocycles. The molecule has 2 N–H and O–H groups in total. The van der Waals surface area contributed by atoms with Gasteiger partial charge in [-0.25, -0.2) is 0 Å². The normalized spacial score (nSPS) is 11.4. The van der Waals surface area contributed by atoms with Crippen molar-refractivity contribution in [3.63, 3.8) is 0 Å². The molecule has 1 rings (SSSR count). The molecule has 5 heteroatoms. The molecule has 1 amide bonds. The van der Waals surface area contributed by atoms with Crippen LogP contribution in [0.1, 0.15) is 18.9 Å². The second-order valence-electron chi connectivity index (χ2n) is 4.44. The van der Waals surface area contributed by atoms with Crippen molar-refractivity contribution in [3.05, 3.63) is 29.8 Å². The van der Waals surface area contributed by atoms with E-state index in [1.165, 1.54) is 5.56 Å². The van der Waals surface area contributed by atoms with Gasteiger partial charge < -0.3 is 15.4 Å². The van der Waals surface area contributed by atoms with E-state index in [-0.39, 0.29) is 18.3 Å². The van der Waals surface area contributed by atoms with Crippen LogP contribution in [0.25, 0.3) is 0 Å². The van der Waals surface area contributed by atoms with Crippen LogP contribution in [0.4, 0.5) is 0 Å². The Kier molecular flexibility index (Phi) is 8.19. The number of aryl methyl sites for hydroxylation is 1. The lowest BCUT2D eigenvalue weighted by Gasteiger charge is -2.20. The lowest BCUT2D eigenvalue weighted by Crippen LogP contribution is -2.42. The molecule has 0 aliphatic rings. The fourth-order valence-electron chi connectivity index (χ4n) is 1.50. The third-order valence-corrected chi connectivity index (χ3v) is 2.85. The predicted molar refractivity (Wildman–Crippen MR) is 79.8 cm³/mol. The fraction of sp³-hybridized carbons (Fsp3) is 0.500. The number of rotatable bonds is 6. The van der Waals surface area contributed by atoms with Crippen molar-refractivity contribution in [2.75, 3.05) is 20.2 Å². The largest absolute Gasteiger partial charge is 0.492 e. The molecule has 0 radical (unpaired) electrons. The van der Waals surface area contributed by atoms with Gasteiger partial charge in [0.25, 0.3) is 0 Å². The van der Waals surface area contributed by atoms with Crippen molar-refractivity contribution >= 4 is 18.3 Å². The van der Waals surface area contributed by atoms with Crippen LogP contribution in [0.5, 0.6) is 5.75 Å². The summed E-state index contributed by atoms with van der Waals surface area (Å²) in [7, 11) is 1.75. The lowest BCUT2D eigenvalue weighted by atomic mass is 10.2. The van der Waals surface area contributed by atoms with Crippen molar-refractivity contribution in [3.8, 4) is 5.75 Å². The molecule has 0 aliphatic heterocycles. The summed E-state index contributed by atoms with van der Waals surface area (Å²) in [6.07, 6.45) is 0.655. The third kappa shape index (κ3) is 5.94. The van der Waals surface area contributed by atoms with E-state index < -0.39 is 6.04 Å². The average Bonchev–Trinajstić information content (AvgIpc) is 2.39. The number of carbonyl (C=O) groups is 1. The zero-order valence-corrected chi connectivity index (χ0v) is 12.6. The first kappa shape index (κ1) is 17.7. The van der Waals surface area contributed by atoms with Crippen molar-refractivity contribution in [2.24, 2.45) is 5.73 Å². The van der Waals surface area contributed by atoms with E-state index in [9.17, 15) is 4.79 Å². The second kappa shape index (κ2) is 8.77. The summed E-state index contributed by atoms with van der Waals surface area (Å²) in [5, 5.41) is 0. The Morgan fingerprint density at radius 2 is 1.95 bits per heavy atom. The summed E-state index contributed by atoms with van der Waals surface area (Å²) in [4.78, 5) is 13.3. The molecule has 0 heterocycles. The smallest absolute Gasteiger partial charge is 0.239 e. The van der Waals surface area contributed by atoms with Gasteiger partial charge in [-0.3, -0.25) is 4.79 Å². The van der Waals surface area contributed by atoms with Crippen LogP contribution in [0, 0.1) is 6.92 Å². The van der Waals surface area contributed by atoms with Gasteiger partial charge in [0, 0.05) is 7.05 Å². The van der Waals surface area contributed by atoms with E-state index in [1.54, 1.807) is 11.9 Å². The Morgan fingerprint density at radius 1 is 1.37 bits per heavy atom. The molecule has 108 valence electrons. The highest BCUT2D eigenvalue weighted by Crippen LogP contribution is 2.11. The fourth-order valence-corrected chi connectivity index (χ4v) is 1.50. The number of halogens is 1. The number of amides is 1. The molecule has 0 saturated carbocycles. The first-order chi connectivity index (χ1) is 8.54. The van der Waals surface area contributed by atoms with Gasteiger partial charge in [0.2, 0.25) is 5.91 Å². The highest BCUT2D eigenvalue weighted by atomic mass is 35.5. The van der Waals surface area contributed by atoms with Crippen LogP contribution in [0.15, 0.2) is 24.3 Å². The Balaban J connectivity index is 0.00000324. The maximum absolute atomic E-state index is 11.7. The molecule has 1 aromatic carbocycles. The van der Waals surface area contributed by atoms with E-state index in [2.05, 4.69) is 0 Å². The molecule has 0 aromatic heterocycles. The molecule has 0 spiro atoms. The number of benzene rings is 1. The van der Waals surface area contributed by atoms with E-state index in [4.69, 9.17) is 10.5 Å². The molecule has 4 nitrogen and oxygen atoms in total. The van der Waals surface area contributed by atoms with Gasteiger partial charge in [0.1, 0.15) is 12.4 Å². The van der Waals surface area contributed by atoms with Crippen molar-refractivity contribution < 1.29 is 9.53 Å². The molecular weight excluding hydrogens is 264 g/mol. The number of carbonyl (C=O) groups excluding carboxylic acids is 1. The molecule has 1 aromatic rings. The summed E-state index contributed by atoms with van der Waals surface area (Å²) >= 11 is 0. The molecule has 0 bridgehead atoms. The van der Waals surface area contributed by atoms with Gasteiger partial charge in [-0.05, 0) is 25.5 Å². The summed E-state index contributed by atoms with van der Waals surface area (Å²) in [6, 6.07) is 7.44. The van der Waals surface area contributed by atoms with E-state index in [0.717, 1.165) is 5.75 Å². The number of nitrogens with two attached hydrogens (primary N) is 1. The minimum absolute atomic E-state index is 0. The summed E-state index contributed by atoms with van der Waals surface area (Å²) < 4.78 is 5.56. The Labute approximate surface area is 121 Å².